The highest BCUT2D eigenvalue weighted by Gasteiger charge is 2.40. The number of benzene rings is 1. The zero-order chi connectivity index (χ0) is 25.2. The number of thiazole rings is 1. The number of rotatable bonds is 4. The van der Waals surface area contributed by atoms with Crippen LogP contribution in [-0.2, 0) is 23.7 Å². The van der Waals surface area contributed by atoms with Crippen molar-refractivity contribution in [2.45, 2.75) is 44.4 Å². The zero-order valence-corrected chi connectivity index (χ0v) is 21.6. The number of anilines is 1. The Kier molecular flexibility index (Phi) is 5.58. The Morgan fingerprint density at radius 1 is 1.33 bits per heavy atom. The molecule has 10 heteroatoms. The molecule has 1 aromatic carbocycles. The van der Waals surface area contributed by atoms with Gasteiger partial charge in [-0.25, -0.2) is 4.98 Å². The average Bonchev–Trinajstić information content (AvgIpc) is 3.60. The van der Waals surface area contributed by atoms with E-state index >= 15 is 0 Å². The number of amides is 2. The van der Waals surface area contributed by atoms with Gasteiger partial charge in [-0.1, -0.05) is 11.3 Å². The second-order valence-electron chi connectivity index (χ2n) is 10.6. The van der Waals surface area contributed by atoms with Crippen LogP contribution in [0.2, 0.25) is 0 Å². The van der Waals surface area contributed by atoms with E-state index in [9.17, 15) is 14.7 Å². The maximum absolute atomic E-state index is 13.1. The van der Waals surface area contributed by atoms with Crippen LogP contribution < -0.4 is 10.2 Å². The summed E-state index contributed by atoms with van der Waals surface area (Å²) in [5, 5.41) is 14.8. The number of nitrogens with one attached hydrogen (secondary N) is 1. The van der Waals surface area contributed by atoms with Crippen molar-refractivity contribution in [3.05, 3.63) is 46.1 Å². The summed E-state index contributed by atoms with van der Waals surface area (Å²) in [5.41, 5.74) is 3.21. The van der Waals surface area contributed by atoms with E-state index in [0.29, 0.717) is 49.7 Å². The molecule has 2 atom stereocenters. The highest BCUT2D eigenvalue weighted by Crippen LogP contribution is 2.38. The molecule has 0 unspecified atom stereocenters. The van der Waals surface area contributed by atoms with E-state index in [1.807, 2.05) is 39.1 Å². The van der Waals surface area contributed by atoms with Gasteiger partial charge in [0.05, 0.1) is 36.6 Å². The number of morpholine rings is 1. The lowest BCUT2D eigenvalue weighted by Gasteiger charge is -2.35. The van der Waals surface area contributed by atoms with E-state index in [1.54, 1.807) is 4.90 Å². The predicted molar refractivity (Wildman–Crippen MR) is 138 cm³/mol. The van der Waals surface area contributed by atoms with Gasteiger partial charge >= 0.3 is 0 Å². The summed E-state index contributed by atoms with van der Waals surface area (Å²) >= 11 is 1.45. The van der Waals surface area contributed by atoms with Crippen molar-refractivity contribution >= 4 is 39.2 Å². The summed E-state index contributed by atoms with van der Waals surface area (Å²) in [5.74, 6) is -0.0931. The first-order valence-electron chi connectivity index (χ1n) is 12.4. The zero-order valence-electron chi connectivity index (χ0n) is 20.8. The van der Waals surface area contributed by atoms with E-state index in [4.69, 9.17) is 9.72 Å². The summed E-state index contributed by atoms with van der Waals surface area (Å²) in [6.45, 7) is 6.83. The first kappa shape index (κ1) is 23.4. The predicted octanol–water partition coefficient (Wildman–Crippen LogP) is 2.27. The topological polar surface area (TPSA) is 99.9 Å². The molecule has 2 aromatic heterocycles. The number of aliphatic hydroxyl groups is 1. The Bertz CT molecular complexity index is 1360. The van der Waals surface area contributed by atoms with Gasteiger partial charge in [0.25, 0.3) is 11.8 Å². The van der Waals surface area contributed by atoms with E-state index in [2.05, 4.69) is 21.0 Å². The van der Waals surface area contributed by atoms with Crippen LogP contribution in [0, 0.1) is 0 Å². The minimum absolute atomic E-state index is 0.0379. The molecule has 6 rings (SSSR count). The molecule has 2 amide bonds. The standard InChI is InChI=1S/C26H31N5O4S/c1-26(2)22-21(23(33)28-26)36-25(27-22)31-8-9-35-14-17(31)10-16-12-29(3)20-5-4-15(11-19(16)20)24(34)30-7-6-18(32)13-30/h4-5,11-12,17-18,32H,6-10,13-14H2,1-3H3,(H,28,33)/t17-,18+/m0/s1. The average molecular weight is 510 g/mol. The fraction of sp³-hybridized carbons (Fsp3) is 0.500. The molecule has 2 saturated heterocycles. The van der Waals surface area contributed by atoms with Crippen LogP contribution in [0.25, 0.3) is 10.9 Å². The van der Waals surface area contributed by atoms with Crippen LogP contribution in [0.15, 0.2) is 24.4 Å². The molecule has 36 heavy (non-hydrogen) atoms. The van der Waals surface area contributed by atoms with Crippen molar-refractivity contribution in [3.8, 4) is 0 Å². The maximum Gasteiger partial charge on any atom is 0.264 e. The molecule has 2 N–H and O–H groups in total. The SMILES string of the molecule is Cn1cc(C[C@H]2COCCN2c2nc3c(s2)C(=O)NC3(C)C)c2cc(C(=O)N3CC[C@@H](O)C3)ccc21. The molecule has 3 aromatic rings. The second kappa shape index (κ2) is 8.57. The minimum Gasteiger partial charge on any atom is -0.391 e. The largest absolute Gasteiger partial charge is 0.391 e. The third-order valence-corrected chi connectivity index (χ3v) is 8.63. The van der Waals surface area contributed by atoms with Gasteiger partial charge in [-0.05, 0) is 50.5 Å². The molecular weight excluding hydrogens is 478 g/mol. The molecule has 2 fully saturated rings. The van der Waals surface area contributed by atoms with Gasteiger partial charge in [-0.15, -0.1) is 0 Å². The molecule has 0 saturated carbocycles. The number of hydrogen-bond donors (Lipinski definition) is 2. The molecule has 190 valence electrons. The van der Waals surface area contributed by atoms with E-state index in [1.165, 1.54) is 11.3 Å². The van der Waals surface area contributed by atoms with Crippen LogP contribution in [0.5, 0.6) is 0 Å². The van der Waals surface area contributed by atoms with Gasteiger partial charge in [-0.3, -0.25) is 9.59 Å². The third kappa shape index (κ3) is 3.88. The van der Waals surface area contributed by atoms with Gasteiger partial charge in [0.2, 0.25) is 0 Å². The monoisotopic (exact) mass is 509 g/mol. The smallest absolute Gasteiger partial charge is 0.264 e. The third-order valence-electron chi connectivity index (χ3n) is 7.54. The Hall–Kier alpha value is -2.95. The number of carbonyl (C=O) groups excluding carboxylic acids is 2. The molecular formula is C26H31N5O4S. The van der Waals surface area contributed by atoms with E-state index < -0.39 is 11.6 Å². The number of aryl methyl sites for hydroxylation is 1. The van der Waals surface area contributed by atoms with Gasteiger partial charge in [-0.2, -0.15) is 0 Å². The molecule has 0 spiro atoms. The number of β-amino-alcohol motifs (C(OH)–C–C–N with tert-alkyl or cyclic N) is 1. The van der Waals surface area contributed by atoms with E-state index in [0.717, 1.165) is 33.7 Å². The summed E-state index contributed by atoms with van der Waals surface area (Å²) in [6.07, 6.45) is 3.05. The number of nitrogens with zero attached hydrogens (tertiary/aromatic N) is 4. The molecule has 9 nitrogen and oxygen atoms in total. The Balaban J connectivity index is 1.30. The molecule has 3 aliphatic heterocycles. The van der Waals surface area contributed by atoms with Gasteiger partial charge < -0.3 is 29.5 Å². The number of carbonyl (C=O) groups is 2. The van der Waals surface area contributed by atoms with Crippen molar-refractivity contribution in [2.75, 3.05) is 37.7 Å². The summed E-state index contributed by atoms with van der Waals surface area (Å²) < 4.78 is 7.96. The number of fused-ring (bicyclic) bond motifs is 2. The van der Waals surface area contributed by atoms with Gasteiger partial charge in [0, 0.05) is 49.3 Å². The van der Waals surface area contributed by atoms with Crippen LogP contribution in [0.4, 0.5) is 5.13 Å². The number of hydrogen-bond acceptors (Lipinski definition) is 7. The maximum atomic E-state index is 13.1. The Morgan fingerprint density at radius 2 is 2.17 bits per heavy atom. The lowest BCUT2D eigenvalue weighted by Crippen LogP contribution is -2.47. The quantitative estimate of drug-likeness (QED) is 0.560. The van der Waals surface area contributed by atoms with Crippen molar-refractivity contribution in [2.24, 2.45) is 7.05 Å². The van der Waals surface area contributed by atoms with Crippen LogP contribution >= 0.6 is 11.3 Å². The van der Waals surface area contributed by atoms with Crippen LogP contribution in [0.1, 0.15) is 51.6 Å². The number of likely N-dealkylation sites (tertiary alicyclic amines) is 1. The Morgan fingerprint density at radius 3 is 2.92 bits per heavy atom. The van der Waals surface area contributed by atoms with Gasteiger partial charge in [0.1, 0.15) is 4.88 Å². The normalized spacial score (nSPS) is 23.4. The van der Waals surface area contributed by atoms with E-state index in [-0.39, 0.29) is 17.9 Å². The molecule has 5 heterocycles. The number of aliphatic hydroxyl groups excluding tert-OH is 1. The lowest BCUT2D eigenvalue weighted by molar-refractivity contribution is 0.0765. The first-order valence-corrected chi connectivity index (χ1v) is 13.3. The fourth-order valence-corrected chi connectivity index (χ4v) is 6.84. The van der Waals surface area contributed by atoms with Crippen molar-refractivity contribution in [1.82, 2.24) is 19.8 Å². The Labute approximate surface area is 213 Å². The highest BCUT2D eigenvalue weighted by atomic mass is 32.1. The fourth-order valence-electron chi connectivity index (χ4n) is 5.62. The summed E-state index contributed by atoms with van der Waals surface area (Å²) in [7, 11) is 2.02. The number of ether oxygens (including phenoxy) is 1. The molecule has 3 aliphatic rings. The van der Waals surface area contributed by atoms with Crippen molar-refractivity contribution < 1.29 is 19.4 Å². The molecule has 0 bridgehead atoms. The molecule has 0 aliphatic carbocycles. The highest BCUT2D eigenvalue weighted by molar-refractivity contribution is 7.17. The summed E-state index contributed by atoms with van der Waals surface area (Å²) in [4.78, 5) is 35.1. The van der Waals surface area contributed by atoms with Gasteiger partial charge in [0.15, 0.2) is 5.13 Å². The molecule has 0 radical (unpaired) electrons. The minimum atomic E-state index is -0.465. The summed E-state index contributed by atoms with van der Waals surface area (Å²) in [6, 6.07) is 5.92. The second-order valence-corrected chi connectivity index (χ2v) is 11.5. The van der Waals surface area contributed by atoms with Crippen LogP contribution in [0.3, 0.4) is 0 Å². The lowest BCUT2D eigenvalue weighted by atomic mass is 10.0. The van der Waals surface area contributed by atoms with Crippen LogP contribution in [-0.4, -0.2) is 76.4 Å². The number of aromatic nitrogens is 2. The van der Waals surface area contributed by atoms with Crippen molar-refractivity contribution in [3.63, 3.8) is 0 Å². The van der Waals surface area contributed by atoms with Crippen molar-refractivity contribution in [1.29, 1.82) is 0 Å². The first-order chi connectivity index (χ1) is 17.2.